The van der Waals surface area contributed by atoms with Gasteiger partial charge in [0.25, 0.3) is 0 Å². The molecule has 0 aliphatic rings. The minimum Gasteiger partial charge on any atom is -0.396 e. The molecule has 0 saturated carbocycles. The van der Waals surface area contributed by atoms with Crippen LogP contribution >= 0.6 is 22.6 Å². The molecule has 0 aliphatic heterocycles. The van der Waals surface area contributed by atoms with E-state index in [4.69, 9.17) is 5.73 Å². The normalized spacial score (nSPS) is 10.5. The van der Waals surface area contributed by atoms with Gasteiger partial charge in [0, 0.05) is 3.57 Å². The minimum atomic E-state index is 0.750. The van der Waals surface area contributed by atoms with Crippen molar-refractivity contribution < 1.29 is 0 Å². The molecule has 2 N–H and O–H groups in total. The fourth-order valence-corrected chi connectivity index (χ4v) is 1.74. The SMILES string of the molecule is Cc1c(N)cnn1Cc1ccc(I)cc1. The molecule has 0 bridgehead atoms. The molecule has 0 unspecified atom stereocenters. The van der Waals surface area contributed by atoms with Gasteiger partial charge in [-0.2, -0.15) is 5.10 Å². The lowest BCUT2D eigenvalue weighted by Crippen LogP contribution is -2.04. The van der Waals surface area contributed by atoms with Gasteiger partial charge in [0.05, 0.1) is 24.1 Å². The Labute approximate surface area is 102 Å². The number of halogens is 1. The Hall–Kier alpha value is -1.04. The molecule has 0 fully saturated rings. The number of hydrogen-bond donors (Lipinski definition) is 1. The van der Waals surface area contributed by atoms with Crippen molar-refractivity contribution in [2.24, 2.45) is 0 Å². The van der Waals surface area contributed by atoms with E-state index in [1.54, 1.807) is 6.20 Å². The van der Waals surface area contributed by atoms with Gasteiger partial charge in [-0.3, -0.25) is 4.68 Å². The Bertz CT molecular complexity index is 459. The van der Waals surface area contributed by atoms with Crippen LogP contribution in [0.3, 0.4) is 0 Å². The molecule has 15 heavy (non-hydrogen) atoms. The summed E-state index contributed by atoms with van der Waals surface area (Å²) in [5.74, 6) is 0. The third-order valence-corrected chi connectivity index (χ3v) is 3.11. The second-order valence-corrected chi connectivity index (χ2v) is 4.72. The highest BCUT2D eigenvalue weighted by atomic mass is 127. The van der Waals surface area contributed by atoms with Crippen LogP contribution in [0.4, 0.5) is 5.69 Å². The molecule has 3 nitrogen and oxygen atoms in total. The van der Waals surface area contributed by atoms with Crippen LogP contribution in [0.2, 0.25) is 0 Å². The smallest absolute Gasteiger partial charge is 0.0730 e. The van der Waals surface area contributed by atoms with Gasteiger partial charge in [0.1, 0.15) is 0 Å². The lowest BCUT2D eigenvalue weighted by atomic mass is 10.2. The maximum Gasteiger partial charge on any atom is 0.0730 e. The first kappa shape index (κ1) is 10.5. The highest BCUT2D eigenvalue weighted by Crippen LogP contribution is 2.12. The molecule has 0 radical (unpaired) electrons. The fraction of sp³-hybridized carbons (Fsp3) is 0.182. The van der Waals surface area contributed by atoms with E-state index in [9.17, 15) is 0 Å². The lowest BCUT2D eigenvalue weighted by molar-refractivity contribution is 0.665. The molecule has 0 aliphatic carbocycles. The Morgan fingerprint density at radius 1 is 1.33 bits per heavy atom. The van der Waals surface area contributed by atoms with Crippen LogP contribution in [0.1, 0.15) is 11.3 Å². The summed E-state index contributed by atoms with van der Waals surface area (Å²) in [4.78, 5) is 0. The monoisotopic (exact) mass is 313 g/mol. The average Bonchev–Trinajstić information content (AvgIpc) is 2.53. The molecule has 2 aromatic rings. The van der Waals surface area contributed by atoms with Gasteiger partial charge in [-0.25, -0.2) is 0 Å². The zero-order chi connectivity index (χ0) is 10.8. The van der Waals surface area contributed by atoms with Gasteiger partial charge in [-0.15, -0.1) is 0 Å². The first-order chi connectivity index (χ1) is 7.16. The summed E-state index contributed by atoms with van der Waals surface area (Å²) in [6.45, 7) is 2.76. The third kappa shape index (κ3) is 2.31. The van der Waals surface area contributed by atoms with Gasteiger partial charge in [-0.1, -0.05) is 12.1 Å². The van der Waals surface area contributed by atoms with Crippen LogP contribution in [0.15, 0.2) is 30.5 Å². The molecule has 0 spiro atoms. The molecular weight excluding hydrogens is 301 g/mol. The molecule has 0 saturated heterocycles. The highest BCUT2D eigenvalue weighted by Gasteiger charge is 2.03. The molecule has 0 atom stereocenters. The summed E-state index contributed by atoms with van der Waals surface area (Å²) in [5.41, 5.74) is 8.74. The van der Waals surface area contributed by atoms with Gasteiger partial charge >= 0.3 is 0 Å². The average molecular weight is 313 g/mol. The van der Waals surface area contributed by atoms with Crippen LogP contribution in [0.25, 0.3) is 0 Å². The molecule has 78 valence electrons. The van der Waals surface area contributed by atoms with Crippen LogP contribution in [-0.2, 0) is 6.54 Å². The summed E-state index contributed by atoms with van der Waals surface area (Å²) < 4.78 is 3.16. The van der Waals surface area contributed by atoms with E-state index >= 15 is 0 Å². The molecule has 2 rings (SSSR count). The Morgan fingerprint density at radius 3 is 2.53 bits per heavy atom. The molecule has 1 heterocycles. The van der Waals surface area contributed by atoms with Crippen molar-refractivity contribution in [2.75, 3.05) is 5.73 Å². The first-order valence-electron chi connectivity index (χ1n) is 4.69. The predicted octanol–water partition coefficient (Wildman–Crippen LogP) is 2.43. The van der Waals surface area contributed by atoms with Gasteiger partial charge in [-0.05, 0) is 47.2 Å². The largest absolute Gasteiger partial charge is 0.396 e. The van der Waals surface area contributed by atoms with Crippen LogP contribution in [0, 0.1) is 10.5 Å². The number of hydrogen-bond acceptors (Lipinski definition) is 2. The number of aromatic nitrogens is 2. The first-order valence-corrected chi connectivity index (χ1v) is 5.77. The second kappa shape index (κ2) is 4.22. The van der Waals surface area contributed by atoms with E-state index in [1.807, 2.05) is 11.6 Å². The van der Waals surface area contributed by atoms with Crippen molar-refractivity contribution in [3.8, 4) is 0 Å². The third-order valence-electron chi connectivity index (χ3n) is 2.39. The van der Waals surface area contributed by atoms with Crippen molar-refractivity contribution in [3.63, 3.8) is 0 Å². The van der Waals surface area contributed by atoms with Crippen LogP contribution in [0.5, 0.6) is 0 Å². The topological polar surface area (TPSA) is 43.8 Å². The molecular formula is C11H12IN3. The van der Waals surface area contributed by atoms with Gasteiger partial charge in [0.15, 0.2) is 0 Å². The van der Waals surface area contributed by atoms with Crippen molar-refractivity contribution in [1.82, 2.24) is 9.78 Å². The maximum atomic E-state index is 5.73. The number of nitrogen functional groups attached to an aromatic ring is 1. The van der Waals surface area contributed by atoms with Crippen molar-refractivity contribution in [3.05, 3.63) is 45.3 Å². The minimum absolute atomic E-state index is 0.750. The quantitative estimate of drug-likeness (QED) is 0.866. The zero-order valence-corrected chi connectivity index (χ0v) is 10.6. The van der Waals surface area contributed by atoms with E-state index in [1.165, 1.54) is 9.13 Å². The summed E-state index contributed by atoms with van der Waals surface area (Å²) in [5, 5.41) is 4.22. The van der Waals surface area contributed by atoms with Crippen molar-refractivity contribution in [2.45, 2.75) is 13.5 Å². The molecule has 1 aromatic heterocycles. The zero-order valence-electron chi connectivity index (χ0n) is 8.44. The highest BCUT2D eigenvalue weighted by molar-refractivity contribution is 14.1. The van der Waals surface area contributed by atoms with Crippen LogP contribution < -0.4 is 5.73 Å². The lowest BCUT2D eigenvalue weighted by Gasteiger charge is -2.04. The number of rotatable bonds is 2. The number of anilines is 1. The van der Waals surface area contributed by atoms with Gasteiger partial charge in [0.2, 0.25) is 0 Å². The fourth-order valence-electron chi connectivity index (χ4n) is 1.38. The summed E-state index contributed by atoms with van der Waals surface area (Å²) in [7, 11) is 0. The number of nitrogens with zero attached hydrogens (tertiary/aromatic N) is 2. The summed E-state index contributed by atoms with van der Waals surface area (Å²) in [6, 6.07) is 8.41. The number of benzene rings is 1. The van der Waals surface area contributed by atoms with Crippen LogP contribution in [-0.4, -0.2) is 9.78 Å². The van der Waals surface area contributed by atoms with Crippen molar-refractivity contribution >= 4 is 28.3 Å². The van der Waals surface area contributed by atoms with E-state index in [-0.39, 0.29) is 0 Å². The summed E-state index contributed by atoms with van der Waals surface area (Å²) >= 11 is 2.30. The Kier molecular flexibility index (Phi) is 2.95. The second-order valence-electron chi connectivity index (χ2n) is 3.47. The summed E-state index contributed by atoms with van der Waals surface area (Å²) in [6.07, 6.45) is 1.70. The van der Waals surface area contributed by atoms with E-state index in [0.29, 0.717) is 0 Å². The maximum absolute atomic E-state index is 5.73. The Morgan fingerprint density at radius 2 is 2.00 bits per heavy atom. The van der Waals surface area contributed by atoms with E-state index in [0.717, 1.165) is 17.9 Å². The van der Waals surface area contributed by atoms with Gasteiger partial charge < -0.3 is 5.73 Å². The van der Waals surface area contributed by atoms with Crippen molar-refractivity contribution in [1.29, 1.82) is 0 Å². The molecule has 1 aromatic carbocycles. The predicted molar refractivity (Wildman–Crippen MR) is 69.6 cm³/mol. The molecule has 0 amide bonds. The number of nitrogens with two attached hydrogens (primary N) is 1. The molecule has 4 heteroatoms. The van der Waals surface area contributed by atoms with E-state index < -0.39 is 0 Å². The van der Waals surface area contributed by atoms with E-state index in [2.05, 4.69) is 52.0 Å². The Balaban J connectivity index is 2.22. The standard InChI is InChI=1S/C11H12IN3/c1-8-11(13)6-14-15(8)7-9-2-4-10(12)5-3-9/h2-6H,7,13H2,1H3.